The quantitative estimate of drug-likeness (QED) is 0.262. The molecule has 0 aliphatic rings. The average molecular weight is 452 g/mol. The molecule has 0 aliphatic heterocycles. The van der Waals surface area contributed by atoms with Crippen molar-refractivity contribution < 1.29 is 13.2 Å². The maximum Gasteiger partial charge on any atom is 0.416 e. The fourth-order valence-corrected chi connectivity index (χ4v) is 3.04. The lowest BCUT2D eigenvalue weighted by molar-refractivity contribution is -0.137. The number of rotatable bonds is 8. The van der Waals surface area contributed by atoms with Crippen molar-refractivity contribution in [3.8, 4) is 22.6 Å². The van der Waals surface area contributed by atoms with Crippen LogP contribution in [-0.2, 0) is 6.18 Å². The first kappa shape index (κ1) is 21.9. The van der Waals surface area contributed by atoms with Gasteiger partial charge in [0, 0.05) is 37.2 Å². The van der Waals surface area contributed by atoms with Gasteiger partial charge in [-0.05, 0) is 31.0 Å². The van der Waals surface area contributed by atoms with Crippen LogP contribution < -0.4 is 10.6 Å². The van der Waals surface area contributed by atoms with Crippen molar-refractivity contribution in [2.45, 2.75) is 6.18 Å². The third-order valence-corrected chi connectivity index (χ3v) is 4.67. The van der Waals surface area contributed by atoms with Crippen molar-refractivity contribution in [2.75, 3.05) is 23.7 Å². The van der Waals surface area contributed by atoms with Gasteiger partial charge in [0.1, 0.15) is 11.6 Å². The van der Waals surface area contributed by atoms with Gasteiger partial charge < -0.3 is 15.6 Å². The van der Waals surface area contributed by atoms with Crippen LogP contribution >= 0.6 is 0 Å². The van der Waals surface area contributed by atoms with E-state index in [9.17, 15) is 13.2 Å². The van der Waals surface area contributed by atoms with Crippen molar-refractivity contribution in [3.63, 3.8) is 0 Å². The lowest BCUT2D eigenvalue weighted by Gasteiger charge is -2.12. The second kappa shape index (κ2) is 9.47. The largest absolute Gasteiger partial charge is 0.416 e. The van der Waals surface area contributed by atoms with E-state index in [1.54, 1.807) is 36.9 Å². The number of nitrogens with zero attached hydrogens (tertiary/aromatic N) is 5. The van der Waals surface area contributed by atoms with Crippen LogP contribution in [-0.4, -0.2) is 44.7 Å². The van der Waals surface area contributed by atoms with Gasteiger partial charge in [0.2, 0.25) is 5.95 Å². The molecule has 0 radical (unpaired) electrons. The van der Waals surface area contributed by atoms with E-state index < -0.39 is 11.7 Å². The van der Waals surface area contributed by atoms with Crippen molar-refractivity contribution >= 4 is 24.2 Å². The number of pyridine rings is 1. The smallest absolute Gasteiger partial charge is 0.368 e. The predicted molar refractivity (Wildman–Crippen MR) is 120 cm³/mol. The molecule has 0 saturated heterocycles. The highest BCUT2D eigenvalue weighted by Gasteiger charge is 2.30. The fraction of sp³-hybridized carbons (Fsp3) is 0.136. The number of hydrogen-bond acceptors (Lipinski definition) is 7. The Morgan fingerprint density at radius 3 is 2.36 bits per heavy atom. The zero-order valence-electron chi connectivity index (χ0n) is 17.3. The van der Waals surface area contributed by atoms with Gasteiger partial charge in [-0.3, -0.25) is 4.99 Å². The molecule has 33 heavy (non-hydrogen) atoms. The van der Waals surface area contributed by atoms with Crippen molar-refractivity contribution in [2.24, 2.45) is 4.99 Å². The van der Waals surface area contributed by atoms with Crippen LogP contribution in [0.25, 0.3) is 22.6 Å². The van der Waals surface area contributed by atoms with E-state index >= 15 is 0 Å². The maximum absolute atomic E-state index is 13.0. The second-order valence-electron chi connectivity index (χ2n) is 6.88. The number of aliphatic imine (C=N–C) groups is 1. The Kier molecular flexibility index (Phi) is 6.29. The Morgan fingerprint density at radius 1 is 0.939 bits per heavy atom. The summed E-state index contributed by atoms with van der Waals surface area (Å²) in [4.78, 5) is 24.1. The molecule has 0 amide bonds. The summed E-state index contributed by atoms with van der Waals surface area (Å²) in [5.41, 5.74) is 1.49. The Bertz CT molecular complexity index is 1200. The van der Waals surface area contributed by atoms with Crippen molar-refractivity contribution in [1.82, 2.24) is 24.9 Å². The normalized spacial score (nSPS) is 11.2. The van der Waals surface area contributed by atoms with Gasteiger partial charge in [0.15, 0.2) is 0 Å². The summed E-state index contributed by atoms with van der Waals surface area (Å²) in [5, 5.41) is 6.26. The van der Waals surface area contributed by atoms with Crippen LogP contribution in [0, 0.1) is 0 Å². The number of aromatic amines is 1. The highest BCUT2D eigenvalue weighted by atomic mass is 19.4. The Hall–Kier alpha value is -4.28. The van der Waals surface area contributed by atoms with Gasteiger partial charge in [0.25, 0.3) is 0 Å². The summed E-state index contributed by atoms with van der Waals surface area (Å²) >= 11 is 0. The number of hydrogen-bond donors (Lipinski definition) is 3. The molecule has 0 fully saturated rings. The molecular weight excluding hydrogens is 433 g/mol. The lowest BCUT2D eigenvalue weighted by Crippen LogP contribution is -2.16. The molecule has 4 rings (SSSR count). The molecule has 168 valence electrons. The van der Waals surface area contributed by atoms with E-state index in [0.29, 0.717) is 53.2 Å². The number of anilines is 2. The topological polar surface area (TPSA) is 104 Å². The van der Waals surface area contributed by atoms with E-state index in [4.69, 9.17) is 0 Å². The first-order valence-electron chi connectivity index (χ1n) is 9.89. The number of aromatic nitrogens is 5. The predicted octanol–water partition coefficient (Wildman–Crippen LogP) is 4.80. The monoisotopic (exact) mass is 452 g/mol. The summed E-state index contributed by atoms with van der Waals surface area (Å²) in [6.07, 6.45) is 2.00. The Balaban J connectivity index is 1.50. The molecule has 0 atom stereocenters. The third kappa shape index (κ3) is 5.32. The number of benzene rings is 1. The van der Waals surface area contributed by atoms with Gasteiger partial charge >= 0.3 is 6.18 Å². The zero-order chi connectivity index (χ0) is 23.3. The van der Waals surface area contributed by atoms with Crippen LogP contribution in [0.1, 0.15) is 5.56 Å². The molecule has 0 unspecified atom stereocenters. The zero-order valence-corrected chi connectivity index (χ0v) is 17.3. The van der Waals surface area contributed by atoms with E-state index in [0.717, 1.165) is 12.1 Å². The highest BCUT2D eigenvalue weighted by molar-refractivity contribution is 5.77. The number of H-pyrrole nitrogens is 1. The summed E-state index contributed by atoms with van der Waals surface area (Å²) in [6.45, 7) is 4.46. The number of nitrogens with one attached hydrogen (secondary N) is 3. The minimum atomic E-state index is -4.41. The minimum absolute atomic E-state index is 0.334. The van der Waals surface area contributed by atoms with E-state index in [2.05, 4.69) is 47.3 Å². The minimum Gasteiger partial charge on any atom is -0.368 e. The molecule has 0 aliphatic carbocycles. The van der Waals surface area contributed by atoms with E-state index in [-0.39, 0.29) is 0 Å². The molecular formula is C22H19F3N8. The molecule has 11 heteroatoms. The molecule has 4 aromatic rings. The van der Waals surface area contributed by atoms with Crippen LogP contribution in [0.5, 0.6) is 0 Å². The molecule has 0 spiro atoms. The Morgan fingerprint density at radius 2 is 1.73 bits per heavy atom. The molecule has 3 N–H and O–H groups in total. The molecule has 3 heterocycles. The van der Waals surface area contributed by atoms with Gasteiger partial charge in [0.05, 0.1) is 28.7 Å². The first-order chi connectivity index (χ1) is 15.9. The summed E-state index contributed by atoms with van der Waals surface area (Å²) < 4.78 is 38.9. The van der Waals surface area contributed by atoms with Crippen LogP contribution in [0.4, 0.5) is 30.6 Å². The van der Waals surface area contributed by atoms with E-state index in [1.807, 2.05) is 0 Å². The molecule has 8 nitrogen and oxygen atoms in total. The number of imidazole rings is 1. The Labute approximate surface area is 187 Å². The van der Waals surface area contributed by atoms with Gasteiger partial charge in [-0.2, -0.15) is 13.2 Å². The van der Waals surface area contributed by atoms with Crippen LogP contribution in [0.2, 0.25) is 0 Å². The average Bonchev–Trinajstić information content (AvgIpc) is 3.36. The van der Waals surface area contributed by atoms with Gasteiger partial charge in [-0.25, -0.2) is 19.9 Å². The van der Waals surface area contributed by atoms with Crippen molar-refractivity contribution in [1.29, 1.82) is 0 Å². The van der Waals surface area contributed by atoms with Gasteiger partial charge in [-0.1, -0.05) is 12.1 Å². The van der Waals surface area contributed by atoms with E-state index in [1.165, 1.54) is 12.1 Å². The summed E-state index contributed by atoms with van der Waals surface area (Å²) in [5.74, 6) is 1.53. The van der Waals surface area contributed by atoms with Gasteiger partial charge in [-0.15, -0.1) is 0 Å². The fourth-order valence-electron chi connectivity index (χ4n) is 3.04. The molecule has 3 aromatic heterocycles. The lowest BCUT2D eigenvalue weighted by atomic mass is 10.0. The number of alkyl halides is 3. The maximum atomic E-state index is 13.0. The molecule has 0 bridgehead atoms. The van der Waals surface area contributed by atoms with Crippen LogP contribution in [0.15, 0.2) is 66.2 Å². The molecule has 1 aromatic carbocycles. The standard InChI is InChI=1S/C22H19F3N8/c1-26-16-6-7-18(31-12-16)27-8-11-30-21-32-13-17(20-28-9-10-29-20)19(33-21)14-2-4-15(5-3-14)22(23,24)25/h2-7,9-10,12-13H,1,8,11H2,(H,27,31)(H,28,29)(H,30,32,33). The SMILES string of the molecule is C=Nc1ccc(NCCNc2ncc(-c3ncc[nH]3)c(-c3ccc(C(F)(F)F)cc3)n2)nc1. The first-order valence-corrected chi connectivity index (χ1v) is 9.89. The summed E-state index contributed by atoms with van der Waals surface area (Å²) in [6, 6.07) is 8.41. The summed E-state index contributed by atoms with van der Waals surface area (Å²) in [7, 11) is 0. The molecule has 0 saturated carbocycles. The van der Waals surface area contributed by atoms with Crippen LogP contribution in [0.3, 0.4) is 0 Å². The third-order valence-electron chi connectivity index (χ3n) is 4.67. The highest BCUT2D eigenvalue weighted by Crippen LogP contribution is 2.33. The number of halogens is 3. The van der Waals surface area contributed by atoms with Crippen molar-refractivity contribution in [3.05, 3.63) is 66.7 Å². The second-order valence-corrected chi connectivity index (χ2v) is 6.88.